The highest BCUT2D eigenvalue weighted by Gasteiger charge is 2.38. The summed E-state index contributed by atoms with van der Waals surface area (Å²) in [6.07, 6.45) is 0. The van der Waals surface area contributed by atoms with Crippen LogP contribution >= 0.6 is 0 Å². The standard InChI is InChI=1S/C14H21N3O2/c1-9-3-4-13-10(2)17(6-5-16(9)13)14(18)11-7-19-8-12(11)15/h3-4,10-12H,5-8,15H2,1-2H3. The molecule has 2 aliphatic rings. The average molecular weight is 263 g/mol. The number of nitrogens with two attached hydrogens (primary N) is 1. The molecule has 19 heavy (non-hydrogen) atoms. The molecule has 2 aliphatic heterocycles. The van der Waals surface area contributed by atoms with Crippen LogP contribution in [-0.2, 0) is 16.1 Å². The van der Waals surface area contributed by atoms with Crippen LogP contribution in [0.5, 0.6) is 0 Å². The SMILES string of the molecule is Cc1ccc2n1CCN(C(=O)C1COCC1N)C2C. The first-order valence-corrected chi connectivity index (χ1v) is 6.89. The van der Waals surface area contributed by atoms with Gasteiger partial charge in [-0.05, 0) is 26.0 Å². The summed E-state index contributed by atoms with van der Waals surface area (Å²) in [6.45, 7) is 6.77. The third-order valence-corrected chi connectivity index (χ3v) is 4.42. The molecule has 2 N–H and O–H groups in total. The molecule has 3 unspecified atom stereocenters. The van der Waals surface area contributed by atoms with E-state index in [1.807, 2.05) is 4.90 Å². The molecule has 0 saturated carbocycles. The highest BCUT2D eigenvalue weighted by atomic mass is 16.5. The van der Waals surface area contributed by atoms with Gasteiger partial charge in [-0.15, -0.1) is 0 Å². The fraction of sp³-hybridized carbons (Fsp3) is 0.643. The zero-order valence-electron chi connectivity index (χ0n) is 11.5. The maximum Gasteiger partial charge on any atom is 0.230 e. The molecule has 3 rings (SSSR count). The molecule has 1 fully saturated rings. The molecule has 1 aromatic heterocycles. The zero-order chi connectivity index (χ0) is 13.6. The lowest BCUT2D eigenvalue weighted by molar-refractivity contribution is -0.139. The summed E-state index contributed by atoms with van der Waals surface area (Å²) >= 11 is 0. The predicted molar refractivity (Wildman–Crippen MR) is 71.6 cm³/mol. The molecule has 5 nitrogen and oxygen atoms in total. The van der Waals surface area contributed by atoms with Crippen molar-refractivity contribution in [1.29, 1.82) is 0 Å². The zero-order valence-corrected chi connectivity index (χ0v) is 11.5. The highest BCUT2D eigenvalue weighted by Crippen LogP contribution is 2.29. The minimum atomic E-state index is -0.176. The summed E-state index contributed by atoms with van der Waals surface area (Å²) in [7, 11) is 0. The fourth-order valence-electron chi connectivity index (χ4n) is 3.16. The largest absolute Gasteiger partial charge is 0.379 e. The van der Waals surface area contributed by atoms with Crippen molar-refractivity contribution in [1.82, 2.24) is 9.47 Å². The summed E-state index contributed by atoms with van der Waals surface area (Å²) in [4.78, 5) is 14.5. The highest BCUT2D eigenvalue weighted by molar-refractivity contribution is 5.80. The van der Waals surface area contributed by atoms with E-state index in [2.05, 4.69) is 30.5 Å². The predicted octanol–water partition coefficient (Wildman–Crippen LogP) is 0.673. The first-order valence-electron chi connectivity index (χ1n) is 6.89. The molecule has 1 aromatic rings. The van der Waals surface area contributed by atoms with Crippen LogP contribution < -0.4 is 5.73 Å². The van der Waals surface area contributed by atoms with Gasteiger partial charge in [-0.25, -0.2) is 0 Å². The number of hydrogen-bond acceptors (Lipinski definition) is 3. The van der Waals surface area contributed by atoms with Crippen molar-refractivity contribution in [2.75, 3.05) is 19.8 Å². The Hall–Kier alpha value is -1.33. The first kappa shape index (κ1) is 12.7. The van der Waals surface area contributed by atoms with Gasteiger partial charge in [-0.2, -0.15) is 0 Å². The number of rotatable bonds is 1. The van der Waals surface area contributed by atoms with Crippen LogP contribution in [0.25, 0.3) is 0 Å². The van der Waals surface area contributed by atoms with E-state index in [0.717, 1.165) is 13.1 Å². The van der Waals surface area contributed by atoms with Gasteiger partial charge in [0.1, 0.15) is 0 Å². The van der Waals surface area contributed by atoms with E-state index in [4.69, 9.17) is 10.5 Å². The third-order valence-electron chi connectivity index (χ3n) is 4.42. The summed E-state index contributed by atoms with van der Waals surface area (Å²) < 4.78 is 7.60. The second-order valence-corrected chi connectivity index (χ2v) is 5.57. The van der Waals surface area contributed by atoms with Crippen LogP contribution in [0.15, 0.2) is 12.1 Å². The van der Waals surface area contributed by atoms with Gasteiger partial charge in [0.25, 0.3) is 0 Å². The molecular formula is C14H21N3O2. The van der Waals surface area contributed by atoms with Crippen molar-refractivity contribution in [3.05, 3.63) is 23.5 Å². The number of aryl methyl sites for hydroxylation is 1. The molecule has 3 heterocycles. The molecule has 0 bridgehead atoms. The number of fused-ring (bicyclic) bond motifs is 1. The van der Waals surface area contributed by atoms with Gasteiger partial charge in [0.2, 0.25) is 5.91 Å². The summed E-state index contributed by atoms with van der Waals surface area (Å²) in [5.41, 5.74) is 8.42. The van der Waals surface area contributed by atoms with Crippen molar-refractivity contribution < 1.29 is 9.53 Å². The van der Waals surface area contributed by atoms with E-state index < -0.39 is 0 Å². The minimum absolute atomic E-state index is 0.114. The second-order valence-electron chi connectivity index (χ2n) is 5.57. The van der Waals surface area contributed by atoms with E-state index in [9.17, 15) is 4.79 Å². The molecule has 5 heteroatoms. The number of carbonyl (C=O) groups excluding carboxylic acids is 1. The quantitative estimate of drug-likeness (QED) is 0.810. The van der Waals surface area contributed by atoms with Crippen molar-refractivity contribution in [2.24, 2.45) is 11.7 Å². The van der Waals surface area contributed by atoms with E-state index in [1.165, 1.54) is 11.4 Å². The molecule has 104 valence electrons. The lowest BCUT2D eigenvalue weighted by Crippen LogP contribution is -2.48. The van der Waals surface area contributed by atoms with Crippen molar-refractivity contribution in [3.8, 4) is 0 Å². The first-order chi connectivity index (χ1) is 9.09. The Morgan fingerprint density at radius 3 is 2.84 bits per heavy atom. The number of carbonyl (C=O) groups is 1. The van der Waals surface area contributed by atoms with Crippen LogP contribution in [0, 0.1) is 12.8 Å². The Morgan fingerprint density at radius 1 is 1.37 bits per heavy atom. The number of amides is 1. The molecular weight excluding hydrogens is 242 g/mol. The normalized spacial score (nSPS) is 30.5. The van der Waals surface area contributed by atoms with Gasteiger partial charge in [0.15, 0.2) is 0 Å². The lowest BCUT2D eigenvalue weighted by Gasteiger charge is -2.37. The Bertz CT molecular complexity index is 497. The van der Waals surface area contributed by atoms with Gasteiger partial charge < -0.3 is 19.9 Å². The van der Waals surface area contributed by atoms with Crippen molar-refractivity contribution >= 4 is 5.91 Å². The van der Waals surface area contributed by atoms with Crippen LogP contribution in [0.1, 0.15) is 24.4 Å². The van der Waals surface area contributed by atoms with Gasteiger partial charge in [-0.3, -0.25) is 4.79 Å². The van der Waals surface area contributed by atoms with E-state index in [1.54, 1.807) is 0 Å². The summed E-state index contributed by atoms with van der Waals surface area (Å²) in [5, 5.41) is 0. The second kappa shape index (κ2) is 4.65. The molecule has 0 aromatic carbocycles. The van der Waals surface area contributed by atoms with Crippen LogP contribution in [0.3, 0.4) is 0 Å². The van der Waals surface area contributed by atoms with E-state index >= 15 is 0 Å². The smallest absolute Gasteiger partial charge is 0.230 e. The Labute approximate surface area is 113 Å². The van der Waals surface area contributed by atoms with Crippen LogP contribution in [-0.4, -0.2) is 41.2 Å². The Kier molecular flexibility index (Phi) is 3.11. The van der Waals surface area contributed by atoms with E-state index in [-0.39, 0.29) is 23.9 Å². The number of ether oxygens (including phenoxy) is 1. The van der Waals surface area contributed by atoms with Crippen LogP contribution in [0.2, 0.25) is 0 Å². The molecule has 1 saturated heterocycles. The topological polar surface area (TPSA) is 60.5 Å². The third kappa shape index (κ3) is 1.97. The maximum absolute atomic E-state index is 12.6. The lowest BCUT2D eigenvalue weighted by atomic mass is 10.0. The van der Waals surface area contributed by atoms with Crippen LogP contribution in [0.4, 0.5) is 0 Å². The summed E-state index contributed by atoms with van der Waals surface area (Å²) in [6, 6.07) is 4.19. The maximum atomic E-state index is 12.6. The number of hydrogen-bond donors (Lipinski definition) is 1. The number of nitrogens with zero attached hydrogens (tertiary/aromatic N) is 2. The average Bonchev–Trinajstić information content (AvgIpc) is 2.97. The van der Waals surface area contributed by atoms with E-state index in [0.29, 0.717) is 13.2 Å². The fourth-order valence-corrected chi connectivity index (χ4v) is 3.16. The Morgan fingerprint density at radius 2 is 2.16 bits per heavy atom. The van der Waals surface area contributed by atoms with Crippen molar-refractivity contribution in [2.45, 2.75) is 32.5 Å². The van der Waals surface area contributed by atoms with Gasteiger partial charge in [-0.1, -0.05) is 0 Å². The van der Waals surface area contributed by atoms with Gasteiger partial charge >= 0.3 is 0 Å². The van der Waals surface area contributed by atoms with Crippen molar-refractivity contribution in [3.63, 3.8) is 0 Å². The molecule has 1 amide bonds. The molecule has 0 spiro atoms. The monoisotopic (exact) mass is 263 g/mol. The molecule has 0 radical (unpaired) electrons. The molecule has 0 aliphatic carbocycles. The number of aromatic nitrogens is 1. The summed E-state index contributed by atoms with van der Waals surface area (Å²) in [5.74, 6) is -0.0346. The molecule has 3 atom stereocenters. The van der Waals surface area contributed by atoms with Gasteiger partial charge in [0.05, 0.1) is 25.2 Å². The Balaban J connectivity index is 1.82. The van der Waals surface area contributed by atoms with Gasteiger partial charge in [0, 0.05) is 30.5 Å². The minimum Gasteiger partial charge on any atom is -0.379 e.